The lowest BCUT2D eigenvalue weighted by atomic mass is 9.77. The Labute approximate surface area is 145 Å². The standard InChI is InChI=1S/C23H26/c1-2-6-19-11-15-22(16-12-19)23-17-13-21(14-18-23)10-9-20-7-4-3-5-8-20/h3-5,7-8,13-14,17-19,22H,2,6,11-12,15-16H2,1H3/t19-,22-/i15D,16D2/t15?,19-,22-/m0/s1. The van der Waals surface area contributed by atoms with Gasteiger partial charge in [-0.1, -0.05) is 61.9 Å². The van der Waals surface area contributed by atoms with Gasteiger partial charge in [0.25, 0.3) is 0 Å². The number of hydrogen-bond donors (Lipinski definition) is 0. The van der Waals surface area contributed by atoms with Gasteiger partial charge in [-0.05, 0) is 67.3 Å². The average molecular weight is 305 g/mol. The second kappa shape index (κ2) is 8.02. The van der Waals surface area contributed by atoms with Crippen molar-refractivity contribution in [1.29, 1.82) is 0 Å². The first-order valence-corrected chi connectivity index (χ1v) is 8.59. The summed E-state index contributed by atoms with van der Waals surface area (Å²) in [6.07, 6.45) is 1.76. The Kier molecular flexibility index (Phi) is 4.33. The molecule has 23 heavy (non-hydrogen) atoms. The van der Waals surface area contributed by atoms with Gasteiger partial charge in [0.2, 0.25) is 0 Å². The second-order valence-electron chi connectivity index (χ2n) is 6.25. The molecule has 0 saturated heterocycles. The first-order valence-electron chi connectivity index (χ1n) is 10.2. The van der Waals surface area contributed by atoms with E-state index in [0.29, 0.717) is 12.3 Å². The van der Waals surface area contributed by atoms with Crippen LogP contribution in [0.1, 0.15) is 72.1 Å². The number of rotatable bonds is 3. The third-order valence-electron chi connectivity index (χ3n) is 4.42. The molecular formula is C23H26. The van der Waals surface area contributed by atoms with Crippen molar-refractivity contribution < 1.29 is 4.11 Å². The fourth-order valence-corrected chi connectivity index (χ4v) is 3.11. The summed E-state index contributed by atoms with van der Waals surface area (Å²) in [6.45, 7) is 2.13. The predicted molar refractivity (Wildman–Crippen MR) is 98.5 cm³/mol. The molecule has 1 aliphatic carbocycles. The Hall–Kier alpha value is -2.00. The highest BCUT2D eigenvalue weighted by atomic mass is 14.3. The van der Waals surface area contributed by atoms with E-state index in [4.69, 9.17) is 4.11 Å². The molecule has 0 nitrogen and oxygen atoms in total. The lowest BCUT2D eigenvalue weighted by Gasteiger charge is -2.28. The van der Waals surface area contributed by atoms with E-state index in [0.717, 1.165) is 36.0 Å². The van der Waals surface area contributed by atoms with Crippen LogP contribution in [0, 0.1) is 17.8 Å². The largest absolute Gasteiger partial charge is 0.0654 e. The molecule has 3 rings (SSSR count). The van der Waals surface area contributed by atoms with Crippen molar-refractivity contribution in [1.82, 2.24) is 0 Å². The number of benzene rings is 2. The van der Waals surface area contributed by atoms with Gasteiger partial charge in [-0.2, -0.15) is 0 Å². The maximum atomic E-state index is 8.53. The van der Waals surface area contributed by atoms with Crippen molar-refractivity contribution in [3.05, 3.63) is 71.3 Å². The summed E-state index contributed by atoms with van der Waals surface area (Å²) >= 11 is 0. The second-order valence-corrected chi connectivity index (χ2v) is 6.25. The highest BCUT2D eigenvalue weighted by molar-refractivity contribution is 5.43. The zero-order valence-corrected chi connectivity index (χ0v) is 13.8. The minimum atomic E-state index is -1.32. The smallest absolute Gasteiger partial charge is 0.0273 e. The molecule has 1 aliphatic rings. The van der Waals surface area contributed by atoms with E-state index in [1.165, 1.54) is 0 Å². The van der Waals surface area contributed by atoms with Crippen LogP contribution in [0.2, 0.25) is 0 Å². The highest BCUT2D eigenvalue weighted by Gasteiger charge is 2.21. The Morgan fingerprint density at radius 1 is 0.957 bits per heavy atom. The van der Waals surface area contributed by atoms with Gasteiger partial charge in [-0.25, -0.2) is 0 Å². The Bertz CT molecular complexity index is 769. The summed E-state index contributed by atoms with van der Waals surface area (Å²) in [6, 6.07) is 17.7. The van der Waals surface area contributed by atoms with E-state index in [1.807, 2.05) is 54.6 Å². The zero-order valence-electron chi connectivity index (χ0n) is 16.8. The molecule has 1 saturated carbocycles. The summed E-state index contributed by atoms with van der Waals surface area (Å²) in [4.78, 5) is 0. The maximum absolute atomic E-state index is 8.53. The maximum Gasteiger partial charge on any atom is 0.0273 e. The van der Waals surface area contributed by atoms with E-state index in [-0.39, 0.29) is 12.3 Å². The van der Waals surface area contributed by atoms with Crippen molar-refractivity contribution in [2.45, 2.75) is 51.3 Å². The van der Waals surface area contributed by atoms with E-state index in [1.54, 1.807) is 0 Å². The summed E-state index contributed by atoms with van der Waals surface area (Å²) in [5.74, 6) is 6.28. The van der Waals surface area contributed by atoms with Gasteiger partial charge >= 0.3 is 0 Å². The van der Waals surface area contributed by atoms with E-state index < -0.39 is 6.37 Å². The van der Waals surface area contributed by atoms with Crippen LogP contribution in [0.4, 0.5) is 0 Å². The van der Waals surface area contributed by atoms with Gasteiger partial charge in [0.15, 0.2) is 0 Å². The van der Waals surface area contributed by atoms with E-state index in [9.17, 15) is 0 Å². The molecule has 0 radical (unpaired) electrons. The normalized spacial score (nSPS) is 27.9. The van der Waals surface area contributed by atoms with Crippen LogP contribution in [0.3, 0.4) is 0 Å². The first-order chi connectivity index (χ1) is 12.5. The quantitative estimate of drug-likeness (QED) is 0.596. The first kappa shape index (κ1) is 12.4. The van der Waals surface area contributed by atoms with Crippen LogP contribution in [0.25, 0.3) is 0 Å². The molecular weight excluding hydrogens is 276 g/mol. The molecule has 0 aromatic heterocycles. The molecule has 0 amide bonds. The van der Waals surface area contributed by atoms with Gasteiger partial charge < -0.3 is 0 Å². The van der Waals surface area contributed by atoms with Crippen LogP contribution < -0.4 is 0 Å². The lowest BCUT2D eigenvalue weighted by Crippen LogP contribution is -2.13. The number of hydrogen-bond acceptors (Lipinski definition) is 0. The minimum Gasteiger partial charge on any atom is -0.0654 e. The van der Waals surface area contributed by atoms with Crippen LogP contribution in [0.15, 0.2) is 54.6 Å². The topological polar surface area (TPSA) is 0 Å². The third-order valence-corrected chi connectivity index (χ3v) is 4.42. The Morgan fingerprint density at radius 3 is 2.30 bits per heavy atom. The Balaban J connectivity index is 1.77. The van der Waals surface area contributed by atoms with Gasteiger partial charge in [-0.3, -0.25) is 0 Å². The molecule has 0 bridgehead atoms. The molecule has 0 heterocycles. The monoisotopic (exact) mass is 305 g/mol. The SMILES string of the molecule is [2H]C1C[C@H](CCC)CC([2H])([2H])[C@H]1c1ccc(C#Cc2ccccc2)cc1. The average Bonchev–Trinajstić information content (AvgIpc) is 2.61. The van der Waals surface area contributed by atoms with Gasteiger partial charge in [0.1, 0.15) is 0 Å². The summed E-state index contributed by atoms with van der Waals surface area (Å²) < 4.78 is 25.6. The van der Waals surface area contributed by atoms with Crippen molar-refractivity contribution in [3.63, 3.8) is 0 Å². The molecule has 3 atom stereocenters. The van der Waals surface area contributed by atoms with E-state index >= 15 is 0 Å². The molecule has 1 unspecified atom stereocenters. The van der Waals surface area contributed by atoms with Gasteiger partial charge in [-0.15, -0.1) is 0 Å². The molecule has 0 heteroatoms. The van der Waals surface area contributed by atoms with Crippen LogP contribution in [-0.4, -0.2) is 0 Å². The predicted octanol–water partition coefficient (Wildman–Crippen LogP) is 6.16. The highest BCUT2D eigenvalue weighted by Crippen LogP contribution is 2.37. The summed E-state index contributed by atoms with van der Waals surface area (Å²) in [5, 5.41) is 0. The van der Waals surface area contributed by atoms with Crippen LogP contribution in [-0.2, 0) is 0 Å². The molecule has 2 aromatic rings. The Morgan fingerprint density at radius 2 is 1.65 bits per heavy atom. The fourth-order valence-electron chi connectivity index (χ4n) is 3.11. The zero-order chi connectivity index (χ0) is 18.6. The van der Waals surface area contributed by atoms with Crippen molar-refractivity contribution in [2.24, 2.45) is 5.92 Å². The molecule has 1 fully saturated rings. The molecule has 0 N–H and O–H groups in total. The fraction of sp³-hybridized carbons (Fsp3) is 0.391. The molecule has 0 spiro atoms. The molecule has 2 aromatic carbocycles. The van der Waals surface area contributed by atoms with Crippen molar-refractivity contribution in [3.8, 4) is 11.8 Å². The molecule has 118 valence electrons. The summed E-state index contributed by atoms with van der Waals surface area (Å²) in [5.41, 5.74) is 2.82. The summed E-state index contributed by atoms with van der Waals surface area (Å²) in [7, 11) is 0. The minimum absolute atomic E-state index is 0.338. The lowest BCUT2D eigenvalue weighted by molar-refractivity contribution is 0.308. The van der Waals surface area contributed by atoms with Crippen LogP contribution >= 0.6 is 0 Å². The van der Waals surface area contributed by atoms with E-state index in [2.05, 4.69) is 18.8 Å². The van der Waals surface area contributed by atoms with Gasteiger partial charge in [0.05, 0.1) is 0 Å². The van der Waals surface area contributed by atoms with Crippen molar-refractivity contribution in [2.75, 3.05) is 0 Å². The third kappa shape index (κ3) is 4.49. The van der Waals surface area contributed by atoms with Crippen molar-refractivity contribution >= 4 is 0 Å². The molecule has 0 aliphatic heterocycles. The van der Waals surface area contributed by atoms with Gasteiger partial charge in [0, 0.05) is 15.2 Å². The van der Waals surface area contributed by atoms with Crippen LogP contribution in [0.5, 0.6) is 0 Å².